The smallest absolute Gasteiger partial charge is 0.407 e. The molecule has 2 aromatic rings. The Kier molecular flexibility index (Phi) is 10.6. The molecule has 0 bridgehead atoms. The van der Waals surface area contributed by atoms with E-state index in [1.807, 2.05) is 0 Å². The molecule has 21 heteroatoms. The van der Waals surface area contributed by atoms with Crippen LogP contribution in [0.1, 0.15) is 39.9 Å². The van der Waals surface area contributed by atoms with Crippen molar-refractivity contribution in [3.05, 3.63) is 17.1 Å². The Morgan fingerprint density at radius 2 is 2.07 bits per heavy atom. The molecular weight excluding hydrogens is 639 g/mol. The van der Waals surface area contributed by atoms with Gasteiger partial charge in [0.25, 0.3) is 11.8 Å². The van der Waals surface area contributed by atoms with E-state index in [2.05, 4.69) is 40.7 Å². The van der Waals surface area contributed by atoms with Crippen LogP contribution in [0.15, 0.2) is 21.6 Å². The summed E-state index contributed by atoms with van der Waals surface area (Å²) in [5.74, 6) is -2.16. The minimum absolute atomic E-state index is 0.0505. The lowest BCUT2D eigenvalue weighted by atomic mass is 10.0. The number of oxime groups is 1. The molecule has 44 heavy (non-hydrogen) atoms. The van der Waals surface area contributed by atoms with Crippen molar-refractivity contribution in [2.75, 3.05) is 30.4 Å². The number of carboxylic acid groups (broad SMARTS) is 1. The van der Waals surface area contributed by atoms with Gasteiger partial charge in [-0.25, -0.2) is 14.3 Å². The molecular formula is C23H31N11O7S3. The second-order valence-electron chi connectivity index (χ2n) is 10.2. The summed E-state index contributed by atoms with van der Waals surface area (Å²) in [6.45, 7) is 7.92. The van der Waals surface area contributed by atoms with Gasteiger partial charge in [0.15, 0.2) is 5.13 Å². The van der Waals surface area contributed by atoms with Gasteiger partial charge in [-0.15, -0.1) is 16.9 Å². The Labute approximate surface area is 263 Å². The van der Waals surface area contributed by atoms with E-state index < -0.39 is 40.9 Å². The largest absolute Gasteiger partial charge is 0.477 e. The molecule has 238 valence electrons. The Morgan fingerprint density at radius 3 is 2.73 bits per heavy atom. The number of aryl methyl sites for hydroxylation is 1. The lowest BCUT2D eigenvalue weighted by Crippen LogP contribution is -2.71. The fraction of sp³-hybridized carbons (Fsp3) is 0.565. The van der Waals surface area contributed by atoms with E-state index >= 15 is 0 Å². The fourth-order valence-corrected chi connectivity index (χ4v) is 6.80. The van der Waals surface area contributed by atoms with Gasteiger partial charge in [-0.3, -0.25) is 14.5 Å². The molecule has 4 heterocycles. The summed E-state index contributed by atoms with van der Waals surface area (Å²) in [7, 11) is 0. The average Bonchev–Trinajstić information content (AvgIpc) is 3.59. The van der Waals surface area contributed by atoms with Crippen molar-refractivity contribution in [2.45, 2.75) is 62.8 Å². The number of alkyl carbamates (subject to hydrolysis) is 1. The third kappa shape index (κ3) is 7.94. The molecule has 2 atom stereocenters. The number of rotatable bonds is 13. The van der Waals surface area contributed by atoms with Crippen LogP contribution in [0.5, 0.6) is 0 Å². The van der Waals surface area contributed by atoms with E-state index in [9.17, 15) is 24.3 Å². The summed E-state index contributed by atoms with van der Waals surface area (Å²) >= 11 is 3.41. The van der Waals surface area contributed by atoms with E-state index in [1.165, 1.54) is 28.4 Å². The van der Waals surface area contributed by atoms with Gasteiger partial charge >= 0.3 is 12.1 Å². The number of aliphatic carboxylic acids is 1. The van der Waals surface area contributed by atoms with Crippen LogP contribution in [0, 0.1) is 0 Å². The van der Waals surface area contributed by atoms with Gasteiger partial charge in [0.1, 0.15) is 29.3 Å². The second kappa shape index (κ2) is 14.2. The van der Waals surface area contributed by atoms with E-state index in [0.717, 1.165) is 11.5 Å². The first-order valence-electron chi connectivity index (χ1n) is 13.3. The number of aromatic nitrogens is 6. The summed E-state index contributed by atoms with van der Waals surface area (Å²) in [5, 5.41) is 30.7. The van der Waals surface area contributed by atoms with Crippen molar-refractivity contribution in [1.82, 2.24) is 45.1 Å². The zero-order valence-electron chi connectivity index (χ0n) is 24.2. The molecule has 18 nitrogen and oxygen atoms in total. The summed E-state index contributed by atoms with van der Waals surface area (Å²) in [6.07, 6.45) is 0.00431. The standard InChI is InChI=1S/C23H31N11O7S3/c1-5-40-29-12(15-27-20(24)44-30-15)16(35)26-13-17(36)34-14(19(37)38)11(9-42-18(13)34)10-43-21-28-31-32-33(21)8-6-7-25-22(39)41-23(2,3)4/h13,18H,5-10H2,1-4H3,(H,25,39)(H,26,35)(H,37,38)(H2,24,27,30)/t13?,18-/m0/s1. The summed E-state index contributed by atoms with van der Waals surface area (Å²) < 4.78 is 10.7. The van der Waals surface area contributed by atoms with Gasteiger partial charge in [-0.1, -0.05) is 16.9 Å². The lowest BCUT2D eigenvalue weighted by Gasteiger charge is -2.49. The zero-order chi connectivity index (χ0) is 32.0. The van der Waals surface area contributed by atoms with Gasteiger partial charge in [-0.05, 0) is 50.1 Å². The molecule has 0 radical (unpaired) electrons. The van der Waals surface area contributed by atoms with Gasteiger partial charge in [0.05, 0.1) is 0 Å². The number of carbonyl (C=O) groups is 4. The Morgan fingerprint density at radius 1 is 1.30 bits per heavy atom. The molecule has 2 aliphatic heterocycles. The maximum absolute atomic E-state index is 13.1. The highest BCUT2D eigenvalue weighted by atomic mass is 32.2. The number of thioether (sulfide) groups is 2. The van der Waals surface area contributed by atoms with Crippen molar-refractivity contribution in [3.8, 4) is 0 Å². The molecule has 0 saturated carbocycles. The van der Waals surface area contributed by atoms with E-state index in [-0.39, 0.29) is 34.7 Å². The van der Waals surface area contributed by atoms with E-state index in [4.69, 9.17) is 15.3 Å². The predicted molar refractivity (Wildman–Crippen MR) is 160 cm³/mol. The first-order valence-corrected chi connectivity index (χ1v) is 16.1. The van der Waals surface area contributed by atoms with Gasteiger partial charge < -0.3 is 31.0 Å². The number of tetrazole rings is 1. The number of nitrogens with one attached hydrogen (secondary N) is 2. The normalized spacial score (nSPS) is 18.4. The Balaban J connectivity index is 1.36. The minimum Gasteiger partial charge on any atom is -0.477 e. The molecule has 0 aliphatic carbocycles. The summed E-state index contributed by atoms with van der Waals surface area (Å²) in [4.78, 5) is 60.4. The van der Waals surface area contributed by atoms with Crippen molar-refractivity contribution in [3.63, 3.8) is 0 Å². The third-order valence-electron chi connectivity index (χ3n) is 5.78. The van der Waals surface area contributed by atoms with E-state index in [0.29, 0.717) is 36.0 Å². The van der Waals surface area contributed by atoms with Crippen LogP contribution in [0.2, 0.25) is 0 Å². The van der Waals surface area contributed by atoms with Crippen LogP contribution < -0.4 is 16.4 Å². The average molecular weight is 670 g/mol. The zero-order valence-corrected chi connectivity index (χ0v) is 26.6. The number of nitrogens with zero attached hydrogens (tertiary/aromatic N) is 8. The topological polar surface area (TPSA) is 242 Å². The highest BCUT2D eigenvalue weighted by molar-refractivity contribution is 8.01. The highest BCUT2D eigenvalue weighted by Crippen LogP contribution is 2.41. The minimum atomic E-state index is -1.27. The number of ether oxygens (including phenoxy) is 1. The number of anilines is 1. The monoisotopic (exact) mass is 669 g/mol. The fourth-order valence-electron chi connectivity index (χ4n) is 3.97. The molecule has 0 aromatic carbocycles. The molecule has 4 rings (SSSR count). The number of fused-ring (bicyclic) bond motifs is 1. The first kappa shape index (κ1) is 32.9. The Hall–Kier alpha value is -3.98. The number of amides is 3. The van der Waals surface area contributed by atoms with Crippen LogP contribution in [-0.4, -0.2) is 111 Å². The number of carbonyl (C=O) groups excluding carboxylic acids is 3. The van der Waals surface area contributed by atoms with Gasteiger partial charge in [0.2, 0.25) is 16.7 Å². The Bertz CT molecular complexity index is 1470. The molecule has 3 amide bonds. The number of carboxylic acids is 1. The van der Waals surface area contributed by atoms with Crippen LogP contribution in [0.4, 0.5) is 9.93 Å². The summed E-state index contributed by atoms with van der Waals surface area (Å²) in [6, 6.07) is -1.000. The predicted octanol–water partition coefficient (Wildman–Crippen LogP) is 0.293. The number of hydrogen-bond acceptors (Lipinski definition) is 16. The van der Waals surface area contributed by atoms with Crippen LogP contribution >= 0.6 is 35.1 Å². The van der Waals surface area contributed by atoms with Crippen molar-refractivity contribution >= 4 is 69.8 Å². The first-order chi connectivity index (χ1) is 20.9. The highest BCUT2D eigenvalue weighted by Gasteiger charge is 2.54. The molecule has 1 fully saturated rings. The molecule has 2 aliphatic rings. The van der Waals surface area contributed by atoms with Crippen LogP contribution in [0.25, 0.3) is 0 Å². The van der Waals surface area contributed by atoms with Gasteiger partial charge in [-0.2, -0.15) is 9.36 Å². The summed E-state index contributed by atoms with van der Waals surface area (Å²) in [5.41, 5.74) is 5.13. The molecule has 2 aromatic heterocycles. The van der Waals surface area contributed by atoms with Crippen molar-refractivity contribution in [2.24, 2.45) is 5.16 Å². The molecule has 5 N–H and O–H groups in total. The maximum atomic E-state index is 13.1. The van der Waals surface area contributed by atoms with Crippen molar-refractivity contribution in [1.29, 1.82) is 0 Å². The third-order valence-corrected chi connectivity index (χ3v) is 8.71. The number of nitrogens with two attached hydrogens (primary N) is 1. The second-order valence-corrected chi connectivity index (χ2v) is 13.0. The SMILES string of the molecule is CCON=C(C(=O)NC1C(=O)N2C(C(=O)O)=C(CSc3nnnn3CCCNC(=O)OC(C)(C)C)CS[C@@H]12)c1nsc(N)n1. The quantitative estimate of drug-likeness (QED) is 0.0736. The molecule has 1 unspecified atom stereocenters. The molecule has 0 spiro atoms. The van der Waals surface area contributed by atoms with Crippen molar-refractivity contribution < 1.29 is 33.9 Å². The number of hydrogen-bond donors (Lipinski definition) is 4. The van der Waals surface area contributed by atoms with Crippen LogP contribution in [-0.2, 0) is 30.5 Å². The van der Waals surface area contributed by atoms with E-state index in [1.54, 1.807) is 32.4 Å². The number of nitrogen functional groups attached to an aromatic ring is 1. The molecule has 1 saturated heterocycles. The number of β-lactam (4-membered cyclic amide) rings is 1. The maximum Gasteiger partial charge on any atom is 0.407 e. The lowest BCUT2D eigenvalue weighted by molar-refractivity contribution is -0.150. The van der Waals surface area contributed by atoms with Gasteiger partial charge in [0, 0.05) is 36.1 Å². The van der Waals surface area contributed by atoms with Crippen LogP contribution in [0.3, 0.4) is 0 Å².